The van der Waals surface area contributed by atoms with Crippen molar-refractivity contribution in [2.75, 3.05) is 5.75 Å². The van der Waals surface area contributed by atoms with Gasteiger partial charge in [0.25, 0.3) is 0 Å². The summed E-state index contributed by atoms with van der Waals surface area (Å²) in [6, 6.07) is 0.349. The molecule has 0 spiro atoms. The molecule has 1 amide bonds. The number of nitrogens with one attached hydrogen (secondary N) is 1. The highest BCUT2D eigenvalue weighted by Crippen LogP contribution is 2.50. The average molecular weight is 283 g/mol. The van der Waals surface area contributed by atoms with Crippen LogP contribution in [0, 0.1) is 16.2 Å². The molecule has 0 radical (unpaired) electrons. The van der Waals surface area contributed by atoms with E-state index in [0.717, 1.165) is 18.6 Å². The first-order valence-electron chi connectivity index (χ1n) is 7.56. The van der Waals surface area contributed by atoms with Crippen LogP contribution in [0.4, 0.5) is 0 Å². The first-order valence-corrected chi connectivity index (χ1v) is 8.19. The summed E-state index contributed by atoms with van der Waals surface area (Å²) in [7, 11) is 0. The predicted molar refractivity (Wildman–Crippen MR) is 83.5 cm³/mol. The van der Waals surface area contributed by atoms with Crippen LogP contribution in [0.5, 0.6) is 0 Å². The zero-order chi connectivity index (χ0) is 14.3. The fourth-order valence-corrected chi connectivity index (χ4v) is 4.56. The van der Waals surface area contributed by atoms with Gasteiger partial charge in [-0.3, -0.25) is 4.79 Å². The van der Waals surface area contributed by atoms with Gasteiger partial charge in [0.1, 0.15) is 0 Å². The Balaban J connectivity index is 1.89. The summed E-state index contributed by atoms with van der Waals surface area (Å²) in [4.78, 5) is 12.2. The summed E-state index contributed by atoms with van der Waals surface area (Å²) < 4.78 is 0. The van der Waals surface area contributed by atoms with Gasteiger partial charge in [-0.15, -0.1) is 0 Å². The Morgan fingerprint density at radius 2 is 1.68 bits per heavy atom. The molecule has 0 bridgehead atoms. The fraction of sp³-hybridized carbons (Fsp3) is 0.938. The van der Waals surface area contributed by atoms with Gasteiger partial charge in [-0.2, -0.15) is 12.6 Å². The molecule has 2 saturated carbocycles. The maximum atomic E-state index is 12.2. The monoisotopic (exact) mass is 283 g/mol. The molecule has 2 aliphatic carbocycles. The summed E-state index contributed by atoms with van der Waals surface area (Å²) in [6.07, 6.45) is 6.48. The molecule has 2 rings (SSSR count). The van der Waals surface area contributed by atoms with Crippen molar-refractivity contribution in [2.45, 2.75) is 72.3 Å². The van der Waals surface area contributed by atoms with Crippen LogP contribution in [-0.4, -0.2) is 17.7 Å². The van der Waals surface area contributed by atoms with Gasteiger partial charge >= 0.3 is 0 Å². The van der Waals surface area contributed by atoms with Crippen molar-refractivity contribution in [3.63, 3.8) is 0 Å². The van der Waals surface area contributed by atoms with Gasteiger partial charge in [0.05, 0.1) is 0 Å². The first-order chi connectivity index (χ1) is 8.65. The zero-order valence-electron chi connectivity index (χ0n) is 12.9. The summed E-state index contributed by atoms with van der Waals surface area (Å²) in [5.74, 6) is 1.09. The number of carbonyl (C=O) groups is 1. The second-order valence-corrected chi connectivity index (χ2v) is 8.83. The lowest BCUT2D eigenvalue weighted by atomic mass is 9.63. The largest absolute Gasteiger partial charge is 0.353 e. The van der Waals surface area contributed by atoms with Crippen molar-refractivity contribution in [1.29, 1.82) is 0 Å². The molecule has 0 aliphatic heterocycles. The van der Waals surface area contributed by atoms with Crippen LogP contribution >= 0.6 is 12.6 Å². The van der Waals surface area contributed by atoms with Gasteiger partial charge in [0.15, 0.2) is 0 Å². The lowest BCUT2D eigenvalue weighted by Crippen LogP contribution is -2.46. The van der Waals surface area contributed by atoms with Crippen LogP contribution < -0.4 is 5.32 Å². The highest BCUT2D eigenvalue weighted by atomic mass is 32.1. The number of amides is 1. The molecule has 2 aliphatic rings. The summed E-state index contributed by atoms with van der Waals surface area (Å²) in [5, 5.41) is 3.29. The van der Waals surface area contributed by atoms with E-state index < -0.39 is 0 Å². The van der Waals surface area contributed by atoms with Crippen LogP contribution in [-0.2, 0) is 4.79 Å². The van der Waals surface area contributed by atoms with E-state index in [9.17, 15) is 4.79 Å². The molecular formula is C16H29NOS. The van der Waals surface area contributed by atoms with Crippen molar-refractivity contribution >= 4 is 18.5 Å². The van der Waals surface area contributed by atoms with Gasteiger partial charge in [-0.05, 0) is 54.1 Å². The minimum Gasteiger partial charge on any atom is -0.353 e. The Hall–Kier alpha value is -0.180. The van der Waals surface area contributed by atoms with Crippen molar-refractivity contribution < 1.29 is 4.79 Å². The van der Waals surface area contributed by atoms with Crippen molar-refractivity contribution in [1.82, 2.24) is 5.32 Å². The average Bonchev–Trinajstić information content (AvgIpc) is 2.92. The van der Waals surface area contributed by atoms with Crippen molar-refractivity contribution in [3.05, 3.63) is 0 Å². The van der Waals surface area contributed by atoms with E-state index in [0.29, 0.717) is 23.3 Å². The Labute approximate surface area is 123 Å². The van der Waals surface area contributed by atoms with E-state index >= 15 is 0 Å². The third kappa shape index (κ3) is 4.14. The van der Waals surface area contributed by atoms with Crippen LogP contribution in [0.3, 0.4) is 0 Å². The van der Waals surface area contributed by atoms with Crippen molar-refractivity contribution in [3.8, 4) is 0 Å². The van der Waals surface area contributed by atoms with E-state index in [-0.39, 0.29) is 11.3 Å². The van der Waals surface area contributed by atoms with E-state index in [1.54, 1.807) is 0 Å². The molecule has 19 heavy (non-hydrogen) atoms. The first kappa shape index (κ1) is 15.2. The van der Waals surface area contributed by atoms with E-state index in [4.69, 9.17) is 0 Å². The van der Waals surface area contributed by atoms with Crippen molar-refractivity contribution in [2.24, 2.45) is 16.2 Å². The lowest BCUT2D eigenvalue weighted by Gasteiger charge is -2.45. The molecule has 0 heterocycles. The molecule has 110 valence electrons. The summed E-state index contributed by atoms with van der Waals surface area (Å²) >= 11 is 4.38. The summed E-state index contributed by atoms with van der Waals surface area (Å²) in [5.41, 5.74) is 0.897. The number of hydrogen-bond acceptors (Lipinski definition) is 2. The third-order valence-electron chi connectivity index (χ3n) is 4.75. The maximum Gasteiger partial charge on any atom is 0.220 e. The summed E-state index contributed by atoms with van der Waals surface area (Å²) in [6.45, 7) is 9.29. The molecule has 2 nitrogen and oxygen atoms in total. The molecule has 2 fully saturated rings. The second kappa shape index (κ2) is 4.98. The highest BCUT2D eigenvalue weighted by Gasteiger charge is 2.44. The molecule has 3 heteroatoms. The van der Waals surface area contributed by atoms with Crippen LogP contribution in [0.15, 0.2) is 0 Å². The Morgan fingerprint density at radius 1 is 1.16 bits per heavy atom. The molecule has 0 atom stereocenters. The van der Waals surface area contributed by atoms with Crippen LogP contribution in [0.1, 0.15) is 66.2 Å². The molecule has 0 unspecified atom stereocenters. The fourth-order valence-electron chi connectivity index (χ4n) is 4.13. The number of thiol groups is 1. The number of rotatable bonds is 4. The molecule has 1 N–H and O–H groups in total. The SMILES string of the molecule is CC1(C)CC(NC(=O)CC2(CS)CC2)CC(C)(C)C1. The topological polar surface area (TPSA) is 29.1 Å². The van der Waals surface area contributed by atoms with E-state index in [1.807, 2.05) is 0 Å². The smallest absolute Gasteiger partial charge is 0.220 e. The van der Waals surface area contributed by atoms with Gasteiger partial charge in [-0.1, -0.05) is 27.7 Å². The quantitative estimate of drug-likeness (QED) is 0.755. The molecule has 0 aromatic heterocycles. The normalized spacial score (nSPS) is 27.8. The van der Waals surface area contributed by atoms with E-state index in [1.165, 1.54) is 19.3 Å². The van der Waals surface area contributed by atoms with Gasteiger partial charge in [0, 0.05) is 12.5 Å². The zero-order valence-corrected chi connectivity index (χ0v) is 13.8. The molecule has 0 saturated heterocycles. The standard InChI is InChI=1S/C16H29NOS/c1-14(2)7-12(8-15(3,4)10-14)17-13(18)9-16(11-19)5-6-16/h12,19H,5-11H2,1-4H3,(H,17,18). The third-order valence-corrected chi connectivity index (χ3v) is 5.42. The Morgan fingerprint density at radius 3 is 2.11 bits per heavy atom. The molecule has 0 aromatic carbocycles. The predicted octanol–water partition coefficient (Wildman–Crippen LogP) is 3.81. The van der Waals surface area contributed by atoms with E-state index in [2.05, 4.69) is 45.6 Å². The number of carbonyl (C=O) groups excluding carboxylic acids is 1. The van der Waals surface area contributed by atoms with Gasteiger partial charge < -0.3 is 5.32 Å². The second-order valence-electron chi connectivity index (χ2n) is 8.51. The van der Waals surface area contributed by atoms with Gasteiger partial charge in [-0.25, -0.2) is 0 Å². The lowest BCUT2D eigenvalue weighted by molar-refractivity contribution is -0.123. The molecule has 0 aromatic rings. The minimum atomic E-state index is 0.229. The van der Waals surface area contributed by atoms with Crippen LogP contribution in [0.2, 0.25) is 0 Å². The number of hydrogen-bond donors (Lipinski definition) is 2. The Kier molecular flexibility index (Phi) is 3.99. The van der Waals surface area contributed by atoms with Crippen LogP contribution in [0.25, 0.3) is 0 Å². The Bertz CT molecular complexity index is 342. The molecular weight excluding hydrogens is 254 g/mol. The maximum absolute atomic E-state index is 12.2. The van der Waals surface area contributed by atoms with Gasteiger partial charge in [0.2, 0.25) is 5.91 Å². The minimum absolute atomic E-state index is 0.229. The highest BCUT2D eigenvalue weighted by molar-refractivity contribution is 7.80.